The minimum absolute atomic E-state index is 0.109. The summed E-state index contributed by atoms with van der Waals surface area (Å²) in [5.74, 6) is 0. The molecule has 20 heavy (non-hydrogen) atoms. The van der Waals surface area contributed by atoms with Crippen molar-refractivity contribution in [1.29, 1.82) is 0 Å². The Morgan fingerprint density at radius 2 is 1.40 bits per heavy atom. The van der Waals surface area contributed by atoms with Crippen LogP contribution in [0.5, 0.6) is 0 Å². The molecule has 0 atom stereocenters. The van der Waals surface area contributed by atoms with Crippen molar-refractivity contribution in [2.24, 2.45) is 0 Å². The SMILES string of the molecule is OC/C(=C/[Se]c1ccc(Cl)cc1)[Se]c1ccc(Cl)cc1. The second-order valence-corrected chi connectivity index (χ2v) is 9.24. The molecule has 0 bridgehead atoms. The van der Waals surface area contributed by atoms with Crippen molar-refractivity contribution >= 4 is 62.0 Å². The second kappa shape index (κ2) is 8.26. The first-order valence-corrected chi connectivity index (χ1v) is 10.1. The summed E-state index contributed by atoms with van der Waals surface area (Å²) in [4.78, 5) is 2.16. The first-order chi connectivity index (χ1) is 9.67. The second-order valence-electron chi connectivity index (χ2n) is 3.87. The minimum atomic E-state index is 0.109. The maximum absolute atomic E-state index is 9.47. The molecule has 1 nitrogen and oxygen atoms in total. The Labute approximate surface area is 141 Å². The van der Waals surface area contributed by atoms with Gasteiger partial charge < -0.3 is 0 Å². The summed E-state index contributed by atoms with van der Waals surface area (Å²) in [7, 11) is 0. The predicted molar refractivity (Wildman–Crippen MR) is 88.8 cm³/mol. The zero-order chi connectivity index (χ0) is 14.4. The summed E-state index contributed by atoms with van der Waals surface area (Å²) < 4.78 is 3.56. The van der Waals surface area contributed by atoms with Crippen molar-refractivity contribution in [1.82, 2.24) is 0 Å². The van der Waals surface area contributed by atoms with Crippen LogP contribution in [0.25, 0.3) is 0 Å². The Morgan fingerprint density at radius 3 is 1.90 bits per heavy atom. The normalized spacial score (nSPS) is 11.7. The molecule has 104 valence electrons. The van der Waals surface area contributed by atoms with Crippen LogP contribution in [0, 0.1) is 0 Å². The van der Waals surface area contributed by atoms with Crippen molar-refractivity contribution in [2.45, 2.75) is 0 Å². The van der Waals surface area contributed by atoms with E-state index in [1.54, 1.807) is 0 Å². The number of hydrogen-bond acceptors (Lipinski definition) is 1. The number of hydrogen-bond donors (Lipinski definition) is 1. The van der Waals surface area contributed by atoms with E-state index in [0.717, 1.165) is 14.5 Å². The quantitative estimate of drug-likeness (QED) is 0.712. The van der Waals surface area contributed by atoms with E-state index in [9.17, 15) is 5.11 Å². The van der Waals surface area contributed by atoms with Crippen molar-refractivity contribution in [3.63, 3.8) is 0 Å². The fraction of sp³-hybridized carbons (Fsp3) is 0.0667. The van der Waals surface area contributed by atoms with Crippen LogP contribution in [-0.2, 0) is 0 Å². The van der Waals surface area contributed by atoms with Crippen molar-refractivity contribution in [2.75, 3.05) is 6.61 Å². The number of halogens is 2. The van der Waals surface area contributed by atoms with E-state index in [0.29, 0.717) is 0 Å². The molecule has 0 spiro atoms. The van der Waals surface area contributed by atoms with Crippen LogP contribution in [0.2, 0.25) is 10.0 Å². The van der Waals surface area contributed by atoms with Crippen LogP contribution < -0.4 is 8.92 Å². The van der Waals surface area contributed by atoms with E-state index >= 15 is 0 Å². The molecule has 0 aliphatic carbocycles. The summed E-state index contributed by atoms with van der Waals surface area (Å²) in [6.07, 6.45) is 0. The Balaban J connectivity index is 2.02. The van der Waals surface area contributed by atoms with Crippen molar-refractivity contribution in [3.8, 4) is 0 Å². The van der Waals surface area contributed by atoms with E-state index in [2.05, 4.69) is 4.97 Å². The molecular formula is C15H12Cl2OSe2. The van der Waals surface area contributed by atoms with Gasteiger partial charge in [0.25, 0.3) is 0 Å². The zero-order valence-electron chi connectivity index (χ0n) is 10.4. The molecule has 0 aliphatic rings. The Hall–Kier alpha value is -0.241. The first kappa shape index (κ1) is 16.1. The fourth-order valence-corrected chi connectivity index (χ4v) is 5.47. The van der Waals surface area contributed by atoms with Gasteiger partial charge in [-0.15, -0.1) is 0 Å². The number of rotatable bonds is 5. The van der Waals surface area contributed by atoms with Gasteiger partial charge in [-0.1, -0.05) is 0 Å². The third-order valence-electron chi connectivity index (χ3n) is 2.36. The molecule has 0 unspecified atom stereocenters. The van der Waals surface area contributed by atoms with E-state index in [1.165, 1.54) is 8.92 Å². The van der Waals surface area contributed by atoms with Gasteiger partial charge in [-0.3, -0.25) is 0 Å². The monoisotopic (exact) mass is 438 g/mol. The Morgan fingerprint density at radius 1 is 0.900 bits per heavy atom. The third-order valence-corrected chi connectivity index (χ3v) is 7.74. The number of aliphatic hydroxyl groups is 1. The molecule has 0 heterocycles. The van der Waals surface area contributed by atoms with E-state index < -0.39 is 0 Å². The maximum atomic E-state index is 9.47. The molecule has 2 aromatic rings. The molecule has 0 fully saturated rings. The fourth-order valence-electron chi connectivity index (χ4n) is 1.39. The summed E-state index contributed by atoms with van der Waals surface area (Å²) in [5, 5.41) is 11.0. The van der Waals surface area contributed by atoms with Crippen molar-refractivity contribution < 1.29 is 5.11 Å². The molecule has 0 saturated heterocycles. The number of aliphatic hydroxyl groups excluding tert-OH is 1. The molecule has 2 rings (SSSR count). The van der Waals surface area contributed by atoms with Crippen LogP contribution in [0.1, 0.15) is 0 Å². The average Bonchev–Trinajstić information content (AvgIpc) is 2.47. The Bertz CT molecular complexity index is 580. The molecule has 2 aromatic carbocycles. The van der Waals surface area contributed by atoms with Gasteiger partial charge in [-0.25, -0.2) is 0 Å². The summed E-state index contributed by atoms with van der Waals surface area (Å²) in [5.41, 5.74) is 0. The van der Waals surface area contributed by atoms with E-state index in [1.807, 2.05) is 48.5 Å². The van der Waals surface area contributed by atoms with Crippen molar-refractivity contribution in [3.05, 3.63) is 68.0 Å². The molecule has 0 saturated carbocycles. The summed E-state index contributed by atoms with van der Waals surface area (Å²) >= 11 is 12.1. The Kier molecular flexibility index (Phi) is 6.67. The van der Waals surface area contributed by atoms with Gasteiger partial charge in [0, 0.05) is 0 Å². The first-order valence-electron chi connectivity index (χ1n) is 5.83. The van der Waals surface area contributed by atoms with Gasteiger partial charge in [-0.05, 0) is 0 Å². The molecular weight excluding hydrogens is 425 g/mol. The average molecular weight is 437 g/mol. The number of benzene rings is 2. The van der Waals surface area contributed by atoms with E-state index in [-0.39, 0.29) is 36.5 Å². The predicted octanol–water partition coefficient (Wildman–Crippen LogP) is 2.19. The van der Waals surface area contributed by atoms with Gasteiger partial charge in [0.2, 0.25) is 0 Å². The standard InChI is InChI=1S/C15H12Cl2OSe2/c16-11-1-5-13(6-2-11)19-10-15(9-18)20-14-7-3-12(17)4-8-14/h1-8,10,18H,9H2/b15-10-. The molecule has 0 amide bonds. The molecule has 0 aromatic heterocycles. The molecule has 0 aliphatic heterocycles. The van der Waals surface area contributed by atoms with Crippen LogP contribution in [-0.4, -0.2) is 41.6 Å². The summed E-state index contributed by atoms with van der Waals surface area (Å²) in [6, 6.07) is 15.7. The molecule has 1 N–H and O–H groups in total. The topological polar surface area (TPSA) is 20.2 Å². The molecule has 5 heteroatoms. The van der Waals surface area contributed by atoms with Gasteiger partial charge in [0.05, 0.1) is 0 Å². The van der Waals surface area contributed by atoms with Gasteiger partial charge in [0.15, 0.2) is 0 Å². The zero-order valence-corrected chi connectivity index (χ0v) is 15.4. The van der Waals surface area contributed by atoms with Crippen LogP contribution in [0.3, 0.4) is 0 Å². The van der Waals surface area contributed by atoms with Crippen LogP contribution in [0.15, 0.2) is 58.0 Å². The molecule has 0 radical (unpaired) electrons. The third kappa shape index (κ3) is 5.27. The van der Waals surface area contributed by atoms with Gasteiger partial charge in [0.1, 0.15) is 0 Å². The summed E-state index contributed by atoms with van der Waals surface area (Å²) in [6.45, 7) is 0.109. The van der Waals surface area contributed by atoms with Gasteiger partial charge in [-0.2, -0.15) is 0 Å². The van der Waals surface area contributed by atoms with E-state index in [4.69, 9.17) is 23.2 Å². The van der Waals surface area contributed by atoms with Crippen LogP contribution >= 0.6 is 23.2 Å². The van der Waals surface area contributed by atoms with Crippen LogP contribution in [0.4, 0.5) is 0 Å². The van der Waals surface area contributed by atoms with Gasteiger partial charge >= 0.3 is 142 Å².